The lowest BCUT2D eigenvalue weighted by Gasteiger charge is -1.85. The molecular formula is C9H7NO3S. The van der Waals surface area contributed by atoms with E-state index in [1.54, 1.807) is 0 Å². The fraction of sp³-hybridized carbons (Fsp3) is 0.111. The number of aromatic carboxylic acids is 1. The van der Waals surface area contributed by atoms with Crippen LogP contribution in [0, 0.1) is 6.92 Å². The van der Waals surface area contributed by atoms with Crippen LogP contribution in [0.2, 0.25) is 0 Å². The molecule has 5 heteroatoms. The maximum absolute atomic E-state index is 10.5. The highest BCUT2D eigenvalue weighted by atomic mass is 32.1. The van der Waals surface area contributed by atoms with Gasteiger partial charge in [0, 0.05) is 4.88 Å². The van der Waals surface area contributed by atoms with E-state index < -0.39 is 5.97 Å². The lowest BCUT2D eigenvalue weighted by atomic mass is 10.4. The number of thiophene rings is 1. The monoisotopic (exact) mass is 209 g/mol. The molecule has 0 aliphatic carbocycles. The largest absolute Gasteiger partial charge is 0.476 e. The predicted molar refractivity (Wildman–Crippen MR) is 51.5 cm³/mol. The van der Waals surface area contributed by atoms with Crippen LogP contribution in [0.5, 0.6) is 0 Å². The smallest absolute Gasteiger partial charge is 0.357 e. The Morgan fingerprint density at radius 1 is 1.57 bits per heavy atom. The van der Waals surface area contributed by atoms with Crippen molar-refractivity contribution in [1.82, 2.24) is 4.98 Å². The van der Waals surface area contributed by atoms with E-state index in [1.165, 1.54) is 11.3 Å². The molecule has 0 amide bonds. The highest BCUT2D eigenvalue weighted by Crippen LogP contribution is 2.26. The second kappa shape index (κ2) is 3.26. The average molecular weight is 209 g/mol. The summed E-state index contributed by atoms with van der Waals surface area (Å²) in [7, 11) is 0. The van der Waals surface area contributed by atoms with Crippen molar-refractivity contribution in [2.45, 2.75) is 6.92 Å². The maximum Gasteiger partial charge on any atom is 0.357 e. The summed E-state index contributed by atoms with van der Waals surface area (Å²) in [5, 5.41) is 8.63. The van der Waals surface area contributed by atoms with Crippen LogP contribution >= 0.6 is 11.3 Å². The maximum atomic E-state index is 10.5. The SMILES string of the molecule is Cc1ccc(-c2nc(C(=O)O)co2)s1. The Morgan fingerprint density at radius 2 is 2.36 bits per heavy atom. The molecule has 0 saturated heterocycles. The molecule has 4 nitrogen and oxygen atoms in total. The second-order valence-corrected chi connectivity index (χ2v) is 4.04. The minimum absolute atomic E-state index is 0.0638. The van der Waals surface area contributed by atoms with E-state index in [9.17, 15) is 4.79 Å². The molecule has 2 rings (SSSR count). The molecule has 14 heavy (non-hydrogen) atoms. The van der Waals surface area contributed by atoms with Gasteiger partial charge in [-0.15, -0.1) is 11.3 Å². The first-order valence-corrected chi connectivity index (χ1v) is 4.74. The molecule has 1 N–H and O–H groups in total. The van der Waals surface area contributed by atoms with Crippen LogP contribution in [-0.4, -0.2) is 16.1 Å². The van der Waals surface area contributed by atoms with E-state index in [0.29, 0.717) is 5.89 Å². The number of carboxylic acid groups (broad SMARTS) is 1. The van der Waals surface area contributed by atoms with Gasteiger partial charge in [-0.25, -0.2) is 9.78 Å². The highest BCUT2D eigenvalue weighted by Gasteiger charge is 2.12. The number of rotatable bonds is 2. The number of oxazole rings is 1. The van der Waals surface area contributed by atoms with Gasteiger partial charge < -0.3 is 9.52 Å². The molecule has 0 aliphatic heterocycles. The fourth-order valence-electron chi connectivity index (χ4n) is 1.03. The third-order valence-corrected chi connectivity index (χ3v) is 2.66. The zero-order valence-electron chi connectivity index (χ0n) is 7.35. The molecule has 72 valence electrons. The molecule has 2 aromatic rings. The molecule has 2 aromatic heterocycles. The number of hydrogen-bond acceptors (Lipinski definition) is 4. The normalized spacial score (nSPS) is 10.4. The summed E-state index contributed by atoms with van der Waals surface area (Å²) in [6, 6.07) is 3.79. The minimum atomic E-state index is -1.08. The minimum Gasteiger partial charge on any atom is -0.476 e. The van der Waals surface area contributed by atoms with Crippen molar-refractivity contribution in [2.24, 2.45) is 0 Å². The summed E-state index contributed by atoms with van der Waals surface area (Å²) in [5.74, 6) is -0.714. The first-order chi connectivity index (χ1) is 6.66. The molecule has 0 aromatic carbocycles. The molecule has 0 fully saturated rings. The Bertz CT molecular complexity index is 472. The number of aromatic nitrogens is 1. The van der Waals surface area contributed by atoms with Crippen molar-refractivity contribution in [3.8, 4) is 10.8 Å². The molecular weight excluding hydrogens is 202 g/mol. The third kappa shape index (κ3) is 1.54. The lowest BCUT2D eigenvalue weighted by molar-refractivity contribution is 0.0690. The standard InChI is InChI=1S/C9H7NO3S/c1-5-2-3-7(14-5)8-10-6(4-13-8)9(11)12/h2-4H,1H3,(H,11,12). The molecule has 0 unspecified atom stereocenters. The van der Waals surface area contributed by atoms with Gasteiger partial charge >= 0.3 is 5.97 Å². The van der Waals surface area contributed by atoms with Crippen LogP contribution in [0.1, 0.15) is 15.4 Å². The molecule has 0 bridgehead atoms. The Hall–Kier alpha value is -1.62. The van der Waals surface area contributed by atoms with Crippen LogP contribution in [-0.2, 0) is 0 Å². The molecule has 0 aliphatic rings. The van der Waals surface area contributed by atoms with Gasteiger partial charge in [0.2, 0.25) is 5.89 Å². The number of hydrogen-bond donors (Lipinski definition) is 1. The van der Waals surface area contributed by atoms with Crippen molar-refractivity contribution in [3.63, 3.8) is 0 Å². The van der Waals surface area contributed by atoms with Gasteiger partial charge in [-0.3, -0.25) is 0 Å². The van der Waals surface area contributed by atoms with Crippen LogP contribution in [0.15, 0.2) is 22.8 Å². The average Bonchev–Trinajstić information content (AvgIpc) is 2.70. The first-order valence-electron chi connectivity index (χ1n) is 3.92. The molecule has 0 spiro atoms. The summed E-state index contributed by atoms with van der Waals surface area (Å²) in [6.45, 7) is 1.97. The zero-order valence-corrected chi connectivity index (χ0v) is 8.17. The van der Waals surface area contributed by atoms with Crippen LogP contribution < -0.4 is 0 Å². The zero-order chi connectivity index (χ0) is 10.1. The summed E-state index contributed by atoms with van der Waals surface area (Å²) < 4.78 is 5.04. The van der Waals surface area contributed by atoms with Crippen molar-refractivity contribution in [3.05, 3.63) is 29.0 Å². The van der Waals surface area contributed by atoms with E-state index in [1.807, 2.05) is 19.1 Å². The van der Waals surface area contributed by atoms with Gasteiger partial charge in [0.25, 0.3) is 0 Å². The second-order valence-electron chi connectivity index (χ2n) is 2.75. The summed E-state index contributed by atoms with van der Waals surface area (Å²) in [4.78, 5) is 16.3. The van der Waals surface area contributed by atoms with Gasteiger partial charge in [0.05, 0.1) is 4.88 Å². The summed E-state index contributed by atoms with van der Waals surface area (Å²) >= 11 is 1.52. The Balaban J connectivity index is 2.38. The van der Waals surface area contributed by atoms with Crippen LogP contribution in [0.25, 0.3) is 10.8 Å². The summed E-state index contributed by atoms with van der Waals surface area (Å²) in [6.07, 6.45) is 1.15. The Kier molecular flexibility index (Phi) is 2.09. The first kappa shape index (κ1) is 8.96. The van der Waals surface area contributed by atoms with Gasteiger partial charge in [-0.2, -0.15) is 0 Å². The number of carbonyl (C=O) groups is 1. The highest BCUT2D eigenvalue weighted by molar-refractivity contribution is 7.15. The number of nitrogens with zero attached hydrogens (tertiary/aromatic N) is 1. The van der Waals surface area contributed by atoms with E-state index in [0.717, 1.165) is 16.0 Å². The molecule has 0 saturated carbocycles. The predicted octanol–water partition coefficient (Wildman–Crippen LogP) is 2.41. The number of aryl methyl sites for hydroxylation is 1. The molecule has 0 radical (unpaired) electrons. The van der Waals surface area contributed by atoms with E-state index in [2.05, 4.69) is 4.98 Å². The molecule has 0 atom stereocenters. The lowest BCUT2D eigenvalue weighted by Crippen LogP contribution is -1.95. The topological polar surface area (TPSA) is 63.3 Å². The Morgan fingerprint density at radius 3 is 2.86 bits per heavy atom. The van der Waals surface area contributed by atoms with Crippen LogP contribution in [0.4, 0.5) is 0 Å². The van der Waals surface area contributed by atoms with Crippen molar-refractivity contribution >= 4 is 17.3 Å². The third-order valence-electron chi connectivity index (χ3n) is 1.67. The van der Waals surface area contributed by atoms with Gasteiger partial charge in [0.15, 0.2) is 5.69 Å². The van der Waals surface area contributed by atoms with Crippen molar-refractivity contribution < 1.29 is 14.3 Å². The van der Waals surface area contributed by atoms with Crippen LogP contribution in [0.3, 0.4) is 0 Å². The van der Waals surface area contributed by atoms with Gasteiger partial charge in [0.1, 0.15) is 6.26 Å². The van der Waals surface area contributed by atoms with Crippen molar-refractivity contribution in [1.29, 1.82) is 0 Å². The summed E-state index contributed by atoms with van der Waals surface area (Å²) in [5.41, 5.74) is -0.0638. The quantitative estimate of drug-likeness (QED) is 0.824. The van der Waals surface area contributed by atoms with Crippen molar-refractivity contribution in [2.75, 3.05) is 0 Å². The molecule has 2 heterocycles. The Labute approximate surface area is 83.8 Å². The van der Waals surface area contributed by atoms with E-state index in [4.69, 9.17) is 9.52 Å². The van der Waals surface area contributed by atoms with Gasteiger partial charge in [-0.05, 0) is 19.1 Å². The van der Waals surface area contributed by atoms with E-state index >= 15 is 0 Å². The number of carboxylic acids is 1. The van der Waals surface area contributed by atoms with E-state index in [-0.39, 0.29) is 5.69 Å². The van der Waals surface area contributed by atoms with Gasteiger partial charge in [-0.1, -0.05) is 0 Å². The fourth-order valence-corrected chi connectivity index (χ4v) is 1.83.